The molecule has 0 atom stereocenters. The maximum Gasteiger partial charge on any atom is 0.573 e. The van der Waals surface area contributed by atoms with Crippen LogP contribution in [0.2, 0.25) is 0 Å². The van der Waals surface area contributed by atoms with Crippen LogP contribution < -0.4 is 10.5 Å². The molecule has 1 aromatic carbocycles. The molecule has 3 rings (SSSR count). The van der Waals surface area contributed by atoms with Gasteiger partial charge in [0.1, 0.15) is 17.4 Å². The lowest BCUT2D eigenvalue weighted by molar-refractivity contribution is -0.274. The van der Waals surface area contributed by atoms with Crippen molar-refractivity contribution in [2.75, 3.05) is 19.8 Å². The van der Waals surface area contributed by atoms with Gasteiger partial charge < -0.3 is 20.2 Å². The summed E-state index contributed by atoms with van der Waals surface area (Å²) in [6.45, 7) is 2.19. The number of nitrogens with one attached hydrogen (secondary N) is 1. The number of aromatic nitrogens is 2. The fraction of sp³-hybridized carbons (Fsp3) is 0.368. The van der Waals surface area contributed by atoms with Gasteiger partial charge in [0.05, 0.1) is 11.9 Å². The summed E-state index contributed by atoms with van der Waals surface area (Å²) in [5.74, 6) is 1.11. The zero-order valence-electron chi connectivity index (χ0n) is 15.1. The van der Waals surface area contributed by atoms with E-state index in [0.717, 1.165) is 26.1 Å². The fourth-order valence-corrected chi connectivity index (χ4v) is 2.81. The third kappa shape index (κ3) is 6.12. The number of nitrogens with zero attached hydrogens (tertiary/aromatic N) is 2. The molecule has 150 valence electrons. The second-order valence-corrected chi connectivity index (χ2v) is 6.41. The summed E-state index contributed by atoms with van der Waals surface area (Å²) in [6, 6.07) is 5.67. The molecular formula is C19H21F3N4O2. The largest absolute Gasteiger partial charge is 0.573 e. The molecule has 0 radical (unpaired) electrons. The first kappa shape index (κ1) is 19.9. The first-order valence-electron chi connectivity index (χ1n) is 8.86. The van der Waals surface area contributed by atoms with Crippen molar-refractivity contribution in [1.29, 1.82) is 0 Å². The number of H-pyrrole nitrogens is 1. The molecule has 1 saturated heterocycles. The molecule has 9 heteroatoms. The van der Waals surface area contributed by atoms with Crippen LogP contribution in [0.1, 0.15) is 18.7 Å². The van der Waals surface area contributed by atoms with E-state index in [2.05, 4.69) is 19.7 Å². The number of hydrogen-bond donors (Lipinski definition) is 2. The standard InChI is InChI=1S/C19H21F3N4O2/c20-19(21,22)28-15-3-1-2-14(10-15)16-12-25-18(26-16)5-4-17(23)24-11-13-6-8-27-9-7-13/h1-5,10,12-13H,6-9,11H2,(H2,23,24)(H,25,26)/b5-4-. The van der Waals surface area contributed by atoms with Crippen LogP contribution in [0.25, 0.3) is 17.3 Å². The molecule has 1 aliphatic rings. The van der Waals surface area contributed by atoms with Crippen LogP contribution in [-0.4, -0.2) is 41.9 Å². The molecule has 1 aromatic heterocycles. The molecule has 0 unspecified atom stereocenters. The Bertz CT molecular complexity index is 840. The summed E-state index contributed by atoms with van der Waals surface area (Å²) in [7, 11) is 0. The van der Waals surface area contributed by atoms with Gasteiger partial charge in [-0.05, 0) is 43.0 Å². The first-order valence-corrected chi connectivity index (χ1v) is 8.86. The van der Waals surface area contributed by atoms with Gasteiger partial charge in [-0.2, -0.15) is 0 Å². The minimum Gasteiger partial charge on any atom is -0.406 e. The summed E-state index contributed by atoms with van der Waals surface area (Å²) in [5, 5.41) is 0. The van der Waals surface area contributed by atoms with Gasteiger partial charge in [-0.1, -0.05) is 12.1 Å². The molecule has 0 bridgehead atoms. The van der Waals surface area contributed by atoms with E-state index in [1.165, 1.54) is 24.4 Å². The maximum absolute atomic E-state index is 12.4. The zero-order chi connectivity index (χ0) is 20.0. The Morgan fingerprint density at radius 2 is 2.14 bits per heavy atom. The number of aromatic amines is 1. The van der Waals surface area contributed by atoms with E-state index in [1.807, 2.05) is 0 Å². The quantitative estimate of drug-likeness (QED) is 0.577. The Hall–Kier alpha value is -2.81. The highest BCUT2D eigenvalue weighted by Crippen LogP contribution is 2.27. The van der Waals surface area contributed by atoms with Gasteiger partial charge in [-0.25, -0.2) is 4.98 Å². The minimum absolute atomic E-state index is 0.291. The van der Waals surface area contributed by atoms with Gasteiger partial charge in [0.2, 0.25) is 0 Å². The molecule has 0 amide bonds. The predicted molar refractivity (Wildman–Crippen MR) is 99.8 cm³/mol. The van der Waals surface area contributed by atoms with Crippen molar-refractivity contribution in [3.8, 4) is 17.0 Å². The molecule has 2 aromatic rings. The van der Waals surface area contributed by atoms with Crippen LogP contribution >= 0.6 is 0 Å². The number of amidine groups is 1. The molecule has 6 nitrogen and oxygen atoms in total. The average molecular weight is 394 g/mol. The Labute approximate surface area is 160 Å². The molecule has 28 heavy (non-hydrogen) atoms. The normalized spacial score (nSPS) is 16.6. The van der Waals surface area contributed by atoms with E-state index >= 15 is 0 Å². The average Bonchev–Trinajstić information content (AvgIpc) is 3.13. The second kappa shape index (κ2) is 8.92. The molecule has 0 spiro atoms. The Morgan fingerprint density at radius 3 is 2.89 bits per heavy atom. The summed E-state index contributed by atoms with van der Waals surface area (Å²) >= 11 is 0. The summed E-state index contributed by atoms with van der Waals surface area (Å²) in [4.78, 5) is 11.6. The predicted octanol–water partition coefficient (Wildman–Crippen LogP) is 3.77. The fourth-order valence-electron chi connectivity index (χ4n) is 2.81. The Kier molecular flexibility index (Phi) is 6.35. The molecule has 1 fully saturated rings. The molecule has 0 aliphatic carbocycles. The number of rotatable bonds is 6. The van der Waals surface area contributed by atoms with Gasteiger partial charge in [0, 0.05) is 25.3 Å². The summed E-state index contributed by atoms with van der Waals surface area (Å²) in [5.41, 5.74) is 6.99. The van der Waals surface area contributed by atoms with E-state index in [1.54, 1.807) is 18.2 Å². The molecular weight excluding hydrogens is 373 g/mol. The number of imidazole rings is 1. The Balaban J connectivity index is 1.62. The van der Waals surface area contributed by atoms with Crippen LogP contribution in [-0.2, 0) is 4.74 Å². The van der Waals surface area contributed by atoms with Gasteiger partial charge in [0.25, 0.3) is 0 Å². The number of alkyl halides is 3. The number of hydrogen-bond acceptors (Lipinski definition) is 4. The van der Waals surface area contributed by atoms with Crippen molar-refractivity contribution in [3.63, 3.8) is 0 Å². The number of ether oxygens (including phenoxy) is 2. The van der Waals surface area contributed by atoms with Crippen LogP contribution in [0.15, 0.2) is 41.5 Å². The van der Waals surface area contributed by atoms with Gasteiger partial charge in [0.15, 0.2) is 0 Å². The van der Waals surface area contributed by atoms with Crippen LogP contribution in [0.3, 0.4) is 0 Å². The van der Waals surface area contributed by atoms with Gasteiger partial charge in [-0.3, -0.25) is 4.99 Å². The van der Waals surface area contributed by atoms with Gasteiger partial charge in [-0.15, -0.1) is 13.2 Å². The van der Waals surface area contributed by atoms with Crippen molar-refractivity contribution < 1.29 is 22.6 Å². The summed E-state index contributed by atoms with van der Waals surface area (Å²) < 4.78 is 46.3. The lowest BCUT2D eigenvalue weighted by Gasteiger charge is -2.19. The lowest BCUT2D eigenvalue weighted by atomic mass is 10.0. The second-order valence-electron chi connectivity index (χ2n) is 6.41. The molecule has 2 heterocycles. The molecule has 1 aliphatic heterocycles. The Morgan fingerprint density at radius 1 is 1.36 bits per heavy atom. The van der Waals surface area contributed by atoms with E-state index in [0.29, 0.717) is 35.4 Å². The van der Waals surface area contributed by atoms with Crippen LogP contribution in [0, 0.1) is 5.92 Å². The first-order chi connectivity index (χ1) is 13.4. The lowest BCUT2D eigenvalue weighted by Crippen LogP contribution is -2.19. The highest BCUT2D eigenvalue weighted by Gasteiger charge is 2.31. The monoisotopic (exact) mass is 394 g/mol. The van der Waals surface area contributed by atoms with E-state index in [-0.39, 0.29) is 5.75 Å². The van der Waals surface area contributed by atoms with Crippen molar-refractivity contribution >= 4 is 11.9 Å². The number of nitrogens with two attached hydrogens (primary N) is 1. The van der Waals surface area contributed by atoms with E-state index < -0.39 is 6.36 Å². The highest BCUT2D eigenvalue weighted by atomic mass is 19.4. The SMILES string of the molecule is NC(/C=C\c1ncc(-c2cccc(OC(F)(F)F)c2)[nH]1)=NCC1CCOCC1. The van der Waals surface area contributed by atoms with Crippen molar-refractivity contribution in [2.24, 2.45) is 16.6 Å². The smallest absolute Gasteiger partial charge is 0.406 e. The minimum atomic E-state index is -4.73. The third-order valence-electron chi connectivity index (χ3n) is 4.26. The third-order valence-corrected chi connectivity index (χ3v) is 4.26. The maximum atomic E-state index is 12.4. The number of aliphatic imine (C=N–C) groups is 1. The molecule has 3 N–H and O–H groups in total. The van der Waals surface area contributed by atoms with E-state index in [9.17, 15) is 13.2 Å². The number of benzene rings is 1. The van der Waals surface area contributed by atoms with Crippen molar-refractivity contribution in [1.82, 2.24) is 9.97 Å². The topological polar surface area (TPSA) is 85.5 Å². The molecule has 0 saturated carbocycles. The van der Waals surface area contributed by atoms with Crippen molar-refractivity contribution in [2.45, 2.75) is 19.2 Å². The van der Waals surface area contributed by atoms with Crippen LogP contribution in [0.5, 0.6) is 5.75 Å². The van der Waals surface area contributed by atoms with E-state index in [4.69, 9.17) is 10.5 Å². The van der Waals surface area contributed by atoms with Crippen LogP contribution in [0.4, 0.5) is 13.2 Å². The number of halogens is 3. The van der Waals surface area contributed by atoms with Gasteiger partial charge >= 0.3 is 6.36 Å². The van der Waals surface area contributed by atoms with Crippen molar-refractivity contribution in [3.05, 3.63) is 42.4 Å². The zero-order valence-corrected chi connectivity index (χ0v) is 15.1. The highest BCUT2D eigenvalue weighted by molar-refractivity contribution is 5.94. The summed E-state index contributed by atoms with van der Waals surface area (Å²) in [6.07, 6.45) is 2.08.